The first-order valence-corrected chi connectivity index (χ1v) is 4.44. The molecule has 14 heavy (non-hydrogen) atoms. The van der Waals surface area contributed by atoms with Crippen LogP contribution in [-0.4, -0.2) is 19.1 Å². The zero-order valence-electron chi connectivity index (χ0n) is 7.91. The lowest BCUT2D eigenvalue weighted by atomic mass is 9.99. The Balaban J connectivity index is 2.46. The van der Waals surface area contributed by atoms with Gasteiger partial charge in [0.2, 0.25) is 5.91 Å². The molecule has 0 spiro atoms. The molecule has 2 rings (SSSR count). The number of nitrogens with one attached hydrogen (secondary N) is 1. The van der Waals surface area contributed by atoms with E-state index in [1.807, 2.05) is 18.2 Å². The molecule has 0 radical (unpaired) electrons. The highest BCUT2D eigenvalue weighted by Gasteiger charge is 2.24. The Morgan fingerprint density at radius 3 is 3.07 bits per heavy atom. The first-order valence-electron chi connectivity index (χ1n) is 4.44. The summed E-state index contributed by atoms with van der Waals surface area (Å²) in [5.74, 6) is 0.642. The van der Waals surface area contributed by atoms with Crippen molar-refractivity contribution in [3.63, 3.8) is 0 Å². The molecule has 1 aromatic rings. The Kier molecular flexibility index (Phi) is 2.13. The largest absolute Gasteiger partial charge is 0.496 e. The molecule has 1 heterocycles. The third-order valence-electron chi connectivity index (χ3n) is 2.37. The minimum Gasteiger partial charge on any atom is -0.496 e. The van der Waals surface area contributed by atoms with Gasteiger partial charge in [-0.3, -0.25) is 4.79 Å². The van der Waals surface area contributed by atoms with Gasteiger partial charge >= 0.3 is 0 Å². The van der Waals surface area contributed by atoms with E-state index < -0.39 is 6.04 Å². The zero-order valence-corrected chi connectivity index (χ0v) is 7.91. The number of ether oxygens (including phenoxy) is 1. The van der Waals surface area contributed by atoms with Gasteiger partial charge in [-0.05, 0) is 12.1 Å². The topological polar surface area (TPSA) is 64.3 Å². The Morgan fingerprint density at radius 1 is 1.57 bits per heavy atom. The van der Waals surface area contributed by atoms with Gasteiger partial charge in [-0.25, -0.2) is 0 Å². The molecule has 4 heteroatoms. The van der Waals surface area contributed by atoms with Gasteiger partial charge in [0, 0.05) is 17.7 Å². The standard InChI is InChI=1S/C10H12N2O2/c1-14-9-4-2-3-8-6(9)5-7(11)10(13)12-8/h2-4,7H,5,11H2,1H3,(H,12,13)/t7-/m1/s1. The van der Waals surface area contributed by atoms with Crippen LogP contribution in [0.1, 0.15) is 5.56 Å². The van der Waals surface area contributed by atoms with Crippen LogP contribution < -0.4 is 15.8 Å². The van der Waals surface area contributed by atoms with Crippen molar-refractivity contribution in [3.05, 3.63) is 23.8 Å². The summed E-state index contributed by atoms with van der Waals surface area (Å²) in [6.07, 6.45) is 0.533. The fraction of sp³-hybridized carbons (Fsp3) is 0.300. The third kappa shape index (κ3) is 1.33. The molecule has 1 aromatic carbocycles. The first-order chi connectivity index (χ1) is 6.72. The monoisotopic (exact) mass is 192 g/mol. The van der Waals surface area contributed by atoms with Gasteiger partial charge in [0.1, 0.15) is 5.75 Å². The van der Waals surface area contributed by atoms with E-state index in [0.29, 0.717) is 6.42 Å². The first kappa shape index (κ1) is 9.02. The second-order valence-corrected chi connectivity index (χ2v) is 3.29. The maximum absolute atomic E-state index is 11.3. The number of methoxy groups -OCH3 is 1. The van der Waals surface area contributed by atoms with E-state index in [-0.39, 0.29) is 5.91 Å². The summed E-state index contributed by atoms with van der Waals surface area (Å²) in [5.41, 5.74) is 7.43. The lowest BCUT2D eigenvalue weighted by Gasteiger charge is -2.23. The lowest BCUT2D eigenvalue weighted by Crippen LogP contribution is -2.41. The molecule has 0 unspecified atom stereocenters. The molecule has 4 nitrogen and oxygen atoms in total. The highest BCUT2D eigenvalue weighted by Crippen LogP contribution is 2.30. The van der Waals surface area contributed by atoms with Crippen molar-refractivity contribution < 1.29 is 9.53 Å². The summed E-state index contributed by atoms with van der Waals surface area (Å²) < 4.78 is 5.19. The molecular formula is C10H12N2O2. The molecule has 0 aliphatic carbocycles. The number of anilines is 1. The van der Waals surface area contributed by atoms with E-state index >= 15 is 0 Å². The van der Waals surface area contributed by atoms with E-state index in [4.69, 9.17) is 10.5 Å². The van der Waals surface area contributed by atoms with Gasteiger partial charge < -0.3 is 15.8 Å². The van der Waals surface area contributed by atoms with Crippen LogP contribution in [0.4, 0.5) is 5.69 Å². The lowest BCUT2D eigenvalue weighted by molar-refractivity contribution is -0.117. The second-order valence-electron chi connectivity index (χ2n) is 3.29. The predicted molar refractivity (Wildman–Crippen MR) is 53.3 cm³/mol. The van der Waals surface area contributed by atoms with E-state index in [1.165, 1.54) is 0 Å². The van der Waals surface area contributed by atoms with Crippen molar-refractivity contribution in [2.75, 3.05) is 12.4 Å². The molecule has 3 N–H and O–H groups in total. The van der Waals surface area contributed by atoms with Crippen molar-refractivity contribution >= 4 is 11.6 Å². The van der Waals surface area contributed by atoms with Crippen LogP contribution in [0.2, 0.25) is 0 Å². The van der Waals surface area contributed by atoms with Crippen LogP contribution in [0.3, 0.4) is 0 Å². The van der Waals surface area contributed by atoms with Crippen molar-refractivity contribution in [2.45, 2.75) is 12.5 Å². The maximum atomic E-state index is 11.3. The summed E-state index contributed by atoms with van der Waals surface area (Å²) in [6.45, 7) is 0. The Bertz CT molecular complexity index is 376. The third-order valence-corrected chi connectivity index (χ3v) is 2.37. The summed E-state index contributed by atoms with van der Waals surface area (Å²) >= 11 is 0. The summed E-state index contributed by atoms with van der Waals surface area (Å²) in [6, 6.07) is 5.08. The van der Waals surface area contributed by atoms with Crippen LogP contribution in [-0.2, 0) is 11.2 Å². The molecular weight excluding hydrogens is 180 g/mol. The van der Waals surface area contributed by atoms with E-state index in [2.05, 4.69) is 5.32 Å². The van der Waals surface area contributed by atoms with Gasteiger partial charge in [-0.1, -0.05) is 6.07 Å². The van der Waals surface area contributed by atoms with Crippen LogP contribution >= 0.6 is 0 Å². The Labute approximate surface area is 82.1 Å². The molecule has 0 aromatic heterocycles. The average Bonchev–Trinajstić information content (AvgIpc) is 2.19. The van der Waals surface area contributed by atoms with Gasteiger partial charge in [0.15, 0.2) is 0 Å². The molecule has 74 valence electrons. The number of fused-ring (bicyclic) bond motifs is 1. The van der Waals surface area contributed by atoms with E-state index in [0.717, 1.165) is 17.0 Å². The number of benzene rings is 1. The highest BCUT2D eigenvalue weighted by atomic mass is 16.5. The van der Waals surface area contributed by atoms with Crippen LogP contribution in [0, 0.1) is 0 Å². The zero-order chi connectivity index (χ0) is 10.1. The fourth-order valence-electron chi connectivity index (χ4n) is 1.62. The maximum Gasteiger partial charge on any atom is 0.241 e. The summed E-state index contributed by atoms with van der Waals surface area (Å²) in [4.78, 5) is 11.3. The number of amides is 1. The van der Waals surface area contributed by atoms with E-state index in [1.54, 1.807) is 7.11 Å². The number of nitrogens with two attached hydrogens (primary N) is 1. The molecule has 1 amide bonds. The van der Waals surface area contributed by atoms with Gasteiger partial charge in [-0.2, -0.15) is 0 Å². The SMILES string of the molecule is COc1cccc2c1C[C@@H](N)C(=O)N2. The van der Waals surface area contributed by atoms with Crippen molar-refractivity contribution in [1.29, 1.82) is 0 Å². The fourth-order valence-corrected chi connectivity index (χ4v) is 1.62. The second kappa shape index (κ2) is 3.31. The normalized spacial score (nSPS) is 19.9. The predicted octanol–water partition coefficient (Wildman–Crippen LogP) is 0.517. The summed E-state index contributed by atoms with van der Waals surface area (Å²) in [5, 5.41) is 2.74. The minimum atomic E-state index is -0.473. The number of rotatable bonds is 1. The molecule has 0 saturated heterocycles. The minimum absolute atomic E-state index is 0.134. The Morgan fingerprint density at radius 2 is 2.36 bits per heavy atom. The molecule has 0 saturated carbocycles. The van der Waals surface area contributed by atoms with Crippen molar-refractivity contribution in [3.8, 4) is 5.75 Å². The van der Waals surface area contributed by atoms with Gasteiger partial charge in [-0.15, -0.1) is 0 Å². The van der Waals surface area contributed by atoms with Gasteiger partial charge in [0.05, 0.1) is 13.2 Å². The molecule has 0 bridgehead atoms. The number of carbonyl (C=O) groups excluding carboxylic acids is 1. The van der Waals surface area contributed by atoms with Crippen molar-refractivity contribution in [1.82, 2.24) is 0 Å². The molecule has 1 atom stereocenters. The molecule has 1 aliphatic heterocycles. The number of carbonyl (C=O) groups is 1. The average molecular weight is 192 g/mol. The Hall–Kier alpha value is -1.55. The smallest absolute Gasteiger partial charge is 0.241 e. The molecule has 1 aliphatic rings. The molecule has 0 fully saturated rings. The quantitative estimate of drug-likeness (QED) is 0.681. The summed E-state index contributed by atoms with van der Waals surface area (Å²) in [7, 11) is 1.61. The number of hydrogen-bond donors (Lipinski definition) is 2. The highest BCUT2D eigenvalue weighted by molar-refractivity contribution is 5.98. The van der Waals surface area contributed by atoms with E-state index in [9.17, 15) is 4.79 Å². The number of hydrogen-bond acceptors (Lipinski definition) is 3. The van der Waals surface area contributed by atoms with Crippen LogP contribution in [0.25, 0.3) is 0 Å². The van der Waals surface area contributed by atoms with Crippen LogP contribution in [0.15, 0.2) is 18.2 Å². The van der Waals surface area contributed by atoms with Crippen molar-refractivity contribution in [2.24, 2.45) is 5.73 Å². The van der Waals surface area contributed by atoms with Gasteiger partial charge in [0.25, 0.3) is 0 Å². The van der Waals surface area contributed by atoms with Crippen LogP contribution in [0.5, 0.6) is 5.75 Å².